The maximum atomic E-state index is 12.3. The van der Waals surface area contributed by atoms with E-state index in [1.54, 1.807) is 16.7 Å². The number of carbonyl (C=O) groups excluding carboxylic acids is 1. The van der Waals surface area contributed by atoms with E-state index in [0.717, 1.165) is 35.5 Å². The van der Waals surface area contributed by atoms with E-state index < -0.39 is 0 Å². The van der Waals surface area contributed by atoms with Crippen LogP contribution in [0, 0.1) is 6.92 Å². The van der Waals surface area contributed by atoms with Crippen LogP contribution in [0.5, 0.6) is 0 Å². The third kappa shape index (κ3) is 3.55. The van der Waals surface area contributed by atoms with Crippen LogP contribution in [0.1, 0.15) is 42.6 Å². The number of benzene rings is 1. The largest absolute Gasteiger partial charge is 0.312 e. The van der Waals surface area contributed by atoms with E-state index in [1.165, 1.54) is 0 Å². The Morgan fingerprint density at radius 1 is 1.18 bits per heavy atom. The molecule has 0 aliphatic carbocycles. The number of hydrogen-bond acceptors (Lipinski definition) is 4. The number of anilines is 1. The highest BCUT2D eigenvalue weighted by Gasteiger charge is 2.22. The first kappa shape index (κ1) is 18.4. The van der Waals surface area contributed by atoms with Gasteiger partial charge in [-0.05, 0) is 49.6 Å². The Morgan fingerprint density at radius 2 is 2.04 bits per heavy atom. The molecule has 144 valence electrons. The zero-order valence-corrected chi connectivity index (χ0v) is 16.2. The van der Waals surface area contributed by atoms with E-state index in [0.29, 0.717) is 18.6 Å². The average molecular weight is 376 g/mol. The standard InChI is InChI=1S/C22H24N4O2/c1-15-6-4-11-26-21(28)13-18(24-22(15)26)14-23-16(2)17-7-3-8-19(12-17)25-10-5-9-20(25)27/h3-4,6-8,11-13,16,23H,5,9-10,14H2,1-2H3. The number of nitrogens with zero attached hydrogens (tertiary/aromatic N) is 3. The van der Waals surface area contributed by atoms with Gasteiger partial charge in [0, 0.05) is 43.5 Å². The number of pyridine rings is 1. The minimum atomic E-state index is -0.0762. The third-order valence-corrected chi connectivity index (χ3v) is 5.28. The molecule has 3 heterocycles. The van der Waals surface area contributed by atoms with E-state index in [1.807, 2.05) is 36.1 Å². The molecule has 0 saturated carbocycles. The molecule has 3 aromatic rings. The minimum absolute atomic E-state index is 0.0646. The Morgan fingerprint density at radius 3 is 2.82 bits per heavy atom. The lowest BCUT2D eigenvalue weighted by molar-refractivity contribution is -0.117. The van der Waals surface area contributed by atoms with Gasteiger partial charge in [-0.15, -0.1) is 0 Å². The van der Waals surface area contributed by atoms with Gasteiger partial charge >= 0.3 is 0 Å². The summed E-state index contributed by atoms with van der Waals surface area (Å²) in [6, 6.07) is 13.5. The molecule has 4 rings (SSSR count). The second-order valence-electron chi connectivity index (χ2n) is 7.32. The number of amides is 1. The second kappa shape index (κ2) is 7.56. The average Bonchev–Trinajstić information content (AvgIpc) is 3.13. The smallest absolute Gasteiger partial charge is 0.258 e. The van der Waals surface area contributed by atoms with Gasteiger partial charge in [-0.2, -0.15) is 0 Å². The molecule has 1 aliphatic rings. The lowest BCUT2D eigenvalue weighted by Crippen LogP contribution is -2.25. The Hall–Kier alpha value is -2.99. The van der Waals surface area contributed by atoms with Crippen molar-refractivity contribution in [2.24, 2.45) is 0 Å². The van der Waals surface area contributed by atoms with E-state index >= 15 is 0 Å². The van der Waals surface area contributed by atoms with Gasteiger partial charge in [-0.3, -0.25) is 14.0 Å². The van der Waals surface area contributed by atoms with Gasteiger partial charge in [0.05, 0.1) is 5.69 Å². The van der Waals surface area contributed by atoms with Gasteiger partial charge in [0.25, 0.3) is 5.56 Å². The zero-order chi connectivity index (χ0) is 19.7. The number of hydrogen-bond donors (Lipinski definition) is 1. The van der Waals surface area contributed by atoms with Gasteiger partial charge in [-0.25, -0.2) is 4.98 Å². The molecule has 28 heavy (non-hydrogen) atoms. The van der Waals surface area contributed by atoms with Crippen LogP contribution in [0.3, 0.4) is 0 Å². The molecule has 1 fully saturated rings. The minimum Gasteiger partial charge on any atom is -0.312 e. The molecule has 1 atom stereocenters. The fourth-order valence-corrected chi connectivity index (χ4v) is 3.66. The Balaban J connectivity index is 1.51. The van der Waals surface area contributed by atoms with Crippen LogP contribution in [-0.4, -0.2) is 21.8 Å². The van der Waals surface area contributed by atoms with Crippen LogP contribution in [0.15, 0.2) is 53.5 Å². The predicted molar refractivity (Wildman–Crippen MR) is 109 cm³/mol. The molecular weight excluding hydrogens is 352 g/mol. The Kier molecular flexibility index (Phi) is 4.96. The third-order valence-electron chi connectivity index (χ3n) is 5.28. The van der Waals surface area contributed by atoms with Crippen LogP contribution in [-0.2, 0) is 11.3 Å². The van der Waals surface area contributed by atoms with Crippen LogP contribution >= 0.6 is 0 Å². The van der Waals surface area contributed by atoms with Crippen LogP contribution in [0.2, 0.25) is 0 Å². The highest BCUT2D eigenvalue weighted by Crippen LogP contribution is 2.24. The number of aryl methyl sites for hydroxylation is 1. The summed E-state index contributed by atoms with van der Waals surface area (Å²) >= 11 is 0. The van der Waals surface area contributed by atoms with Crippen molar-refractivity contribution < 1.29 is 4.79 Å². The van der Waals surface area contributed by atoms with E-state index in [4.69, 9.17) is 0 Å². The van der Waals surface area contributed by atoms with Crippen LogP contribution in [0.25, 0.3) is 5.65 Å². The summed E-state index contributed by atoms with van der Waals surface area (Å²) in [5.41, 5.74) is 4.36. The monoisotopic (exact) mass is 376 g/mol. The first-order valence-electron chi connectivity index (χ1n) is 9.64. The molecule has 1 aliphatic heterocycles. The molecule has 2 aromatic heterocycles. The highest BCUT2D eigenvalue weighted by molar-refractivity contribution is 5.95. The Labute approximate surface area is 163 Å². The fourth-order valence-electron chi connectivity index (χ4n) is 3.66. The first-order valence-corrected chi connectivity index (χ1v) is 9.64. The van der Waals surface area contributed by atoms with Crippen molar-refractivity contribution >= 4 is 17.2 Å². The summed E-state index contributed by atoms with van der Waals surface area (Å²) < 4.78 is 1.57. The summed E-state index contributed by atoms with van der Waals surface area (Å²) in [6.07, 6.45) is 3.28. The van der Waals surface area contributed by atoms with Gasteiger partial charge < -0.3 is 10.2 Å². The molecule has 0 spiro atoms. The SMILES string of the molecule is Cc1cccn2c(=O)cc(CNC(C)c3cccc(N4CCCC4=O)c3)nc12. The van der Waals surface area contributed by atoms with Gasteiger partial charge in [-0.1, -0.05) is 18.2 Å². The maximum Gasteiger partial charge on any atom is 0.258 e. The van der Waals surface area contributed by atoms with Gasteiger partial charge in [0.1, 0.15) is 5.65 Å². The summed E-state index contributed by atoms with van der Waals surface area (Å²) in [7, 11) is 0. The summed E-state index contributed by atoms with van der Waals surface area (Å²) in [5.74, 6) is 0.189. The second-order valence-corrected chi connectivity index (χ2v) is 7.32. The number of nitrogens with one attached hydrogen (secondary N) is 1. The highest BCUT2D eigenvalue weighted by atomic mass is 16.2. The quantitative estimate of drug-likeness (QED) is 0.743. The van der Waals surface area contributed by atoms with Gasteiger partial charge in [0.15, 0.2) is 0 Å². The molecular formula is C22H24N4O2. The van der Waals surface area contributed by atoms with Crippen molar-refractivity contribution in [3.8, 4) is 0 Å². The molecule has 6 heteroatoms. The lowest BCUT2D eigenvalue weighted by Gasteiger charge is -2.19. The van der Waals surface area contributed by atoms with E-state index in [2.05, 4.69) is 29.4 Å². The Bertz CT molecular complexity index is 1090. The van der Waals surface area contributed by atoms with E-state index in [9.17, 15) is 9.59 Å². The van der Waals surface area contributed by atoms with Crippen molar-refractivity contribution in [3.63, 3.8) is 0 Å². The molecule has 6 nitrogen and oxygen atoms in total. The predicted octanol–water partition coefficient (Wildman–Crippen LogP) is 2.98. The number of carbonyl (C=O) groups is 1. The van der Waals surface area contributed by atoms with Crippen LogP contribution < -0.4 is 15.8 Å². The maximum absolute atomic E-state index is 12.3. The molecule has 1 saturated heterocycles. The number of rotatable bonds is 5. The molecule has 1 aromatic carbocycles. The summed E-state index contributed by atoms with van der Waals surface area (Å²) in [5, 5.41) is 3.44. The lowest BCUT2D eigenvalue weighted by atomic mass is 10.1. The van der Waals surface area contributed by atoms with Crippen molar-refractivity contribution in [2.75, 3.05) is 11.4 Å². The number of fused-ring (bicyclic) bond motifs is 1. The number of aromatic nitrogens is 2. The fraction of sp³-hybridized carbons (Fsp3) is 0.318. The van der Waals surface area contributed by atoms with Crippen molar-refractivity contribution in [3.05, 3.63) is 75.8 Å². The van der Waals surface area contributed by atoms with Crippen LogP contribution in [0.4, 0.5) is 5.69 Å². The summed E-state index contributed by atoms with van der Waals surface area (Å²) in [4.78, 5) is 30.8. The molecule has 0 radical (unpaired) electrons. The summed E-state index contributed by atoms with van der Waals surface area (Å²) in [6.45, 7) is 5.30. The van der Waals surface area contributed by atoms with E-state index in [-0.39, 0.29) is 17.5 Å². The topological polar surface area (TPSA) is 66.7 Å². The van der Waals surface area contributed by atoms with Crippen molar-refractivity contribution in [1.82, 2.24) is 14.7 Å². The molecule has 0 bridgehead atoms. The molecule has 1 N–H and O–H groups in total. The molecule has 1 unspecified atom stereocenters. The first-order chi connectivity index (χ1) is 13.5. The normalized spacial score (nSPS) is 15.4. The molecule has 1 amide bonds. The van der Waals surface area contributed by atoms with Gasteiger partial charge in [0.2, 0.25) is 5.91 Å². The zero-order valence-electron chi connectivity index (χ0n) is 16.2. The van der Waals surface area contributed by atoms with Crippen molar-refractivity contribution in [1.29, 1.82) is 0 Å². The van der Waals surface area contributed by atoms with Crippen molar-refractivity contribution in [2.45, 2.75) is 39.3 Å².